The van der Waals surface area contributed by atoms with Crippen molar-refractivity contribution < 1.29 is 4.79 Å². The van der Waals surface area contributed by atoms with Crippen molar-refractivity contribution in [2.75, 3.05) is 0 Å². The summed E-state index contributed by atoms with van der Waals surface area (Å²) in [7, 11) is 0. The molecular formula is C5H3I2NOS. The van der Waals surface area contributed by atoms with Gasteiger partial charge in [-0.25, -0.2) is 0 Å². The number of hydrogen-bond acceptors (Lipinski definition) is 2. The van der Waals surface area contributed by atoms with Gasteiger partial charge in [0.25, 0.3) is 5.91 Å². The van der Waals surface area contributed by atoms with Gasteiger partial charge in [-0.15, -0.1) is 11.3 Å². The van der Waals surface area contributed by atoms with E-state index in [2.05, 4.69) is 45.2 Å². The van der Waals surface area contributed by atoms with Gasteiger partial charge in [0, 0.05) is 3.57 Å². The van der Waals surface area contributed by atoms with Crippen LogP contribution in [0.15, 0.2) is 6.07 Å². The van der Waals surface area contributed by atoms with Crippen LogP contribution in [0.1, 0.15) is 9.67 Å². The first-order valence-corrected chi connectivity index (χ1v) is 5.33. The minimum absolute atomic E-state index is 0.342. The van der Waals surface area contributed by atoms with Crippen LogP contribution in [0.2, 0.25) is 0 Å². The van der Waals surface area contributed by atoms with E-state index in [0.717, 1.165) is 6.45 Å². The van der Waals surface area contributed by atoms with E-state index in [1.165, 1.54) is 11.3 Å². The molecule has 1 rings (SSSR count). The molecule has 0 saturated carbocycles. The van der Waals surface area contributed by atoms with Crippen molar-refractivity contribution in [1.29, 1.82) is 0 Å². The first kappa shape index (κ1) is 8.72. The third kappa shape index (κ3) is 1.82. The molecule has 1 aromatic rings. The Morgan fingerprint density at radius 1 is 1.60 bits per heavy atom. The van der Waals surface area contributed by atoms with Crippen LogP contribution in [0.25, 0.3) is 0 Å². The average molecular weight is 379 g/mol. The number of hydrogen-bond donors (Lipinski definition) is 1. The molecule has 10 heavy (non-hydrogen) atoms. The Kier molecular flexibility index (Phi) is 2.92. The number of amides is 1. The lowest BCUT2D eigenvalue weighted by molar-refractivity contribution is 0.100. The summed E-state index contributed by atoms with van der Waals surface area (Å²) >= 11 is 5.78. The van der Waals surface area contributed by atoms with Crippen LogP contribution >= 0.6 is 56.5 Å². The summed E-state index contributed by atoms with van der Waals surface area (Å²) in [5.41, 5.74) is 5.06. The second-order valence-electron chi connectivity index (χ2n) is 1.60. The van der Waals surface area contributed by atoms with Gasteiger partial charge < -0.3 is 5.73 Å². The van der Waals surface area contributed by atoms with Gasteiger partial charge in [0.05, 0.1) is 7.76 Å². The van der Waals surface area contributed by atoms with E-state index in [0.29, 0.717) is 4.88 Å². The fraction of sp³-hybridized carbons (Fsp3) is 0. The van der Waals surface area contributed by atoms with E-state index in [9.17, 15) is 4.79 Å². The molecule has 0 spiro atoms. The van der Waals surface area contributed by atoms with Crippen LogP contribution < -0.4 is 5.73 Å². The molecule has 0 aromatic carbocycles. The number of carbonyl (C=O) groups is 1. The molecule has 0 aliphatic carbocycles. The maximum Gasteiger partial charge on any atom is 0.258 e. The Morgan fingerprint density at radius 3 is 2.40 bits per heavy atom. The van der Waals surface area contributed by atoms with Crippen molar-refractivity contribution in [3.8, 4) is 0 Å². The van der Waals surface area contributed by atoms with Crippen molar-refractivity contribution in [2.45, 2.75) is 0 Å². The molecule has 0 unspecified atom stereocenters. The second-order valence-corrected chi connectivity index (χ2v) is 5.62. The monoisotopic (exact) mass is 379 g/mol. The molecular weight excluding hydrogens is 376 g/mol. The molecule has 0 radical (unpaired) electrons. The quantitative estimate of drug-likeness (QED) is 0.747. The Labute approximate surface area is 89.5 Å². The van der Waals surface area contributed by atoms with Crippen LogP contribution in [-0.4, -0.2) is 5.91 Å². The Morgan fingerprint density at radius 2 is 2.20 bits per heavy atom. The van der Waals surface area contributed by atoms with Crippen molar-refractivity contribution in [1.82, 2.24) is 0 Å². The summed E-state index contributed by atoms with van der Waals surface area (Å²) < 4.78 is 2.21. The summed E-state index contributed by atoms with van der Waals surface area (Å²) in [5, 5.41) is 0. The Bertz CT molecular complexity index is 251. The van der Waals surface area contributed by atoms with Crippen molar-refractivity contribution in [3.05, 3.63) is 17.4 Å². The van der Waals surface area contributed by atoms with E-state index in [1.54, 1.807) is 6.07 Å². The lowest BCUT2D eigenvalue weighted by Gasteiger charge is -1.80. The normalized spacial score (nSPS) is 9.80. The highest BCUT2D eigenvalue weighted by atomic mass is 127. The molecule has 0 atom stereocenters. The van der Waals surface area contributed by atoms with Gasteiger partial charge in [-0.05, 0) is 51.2 Å². The Balaban J connectivity index is 3.10. The number of carbonyl (C=O) groups excluding carboxylic acids is 1. The van der Waals surface area contributed by atoms with Crippen molar-refractivity contribution >= 4 is 62.4 Å². The van der Waals surface area contributed by atoms with Crippen LogP contribution in [0.3, 0.4) is 0 Å². The van der Waals surface area contributed by atoms with E-state index < -0.39 is 0 Å². The Hall–Kier alpha value is 0.630. The number of nitrogens with two attached hydrogens (primary N) is 1. The predicted molar refractivity (Wildman–Crippen MR) is 58.3 cm³/mol. The molecule has 5 heteroatoms. The number of thiophene rings is 1. The molecule has 1 heterocycles. The molecule has 2 N–H and O–H groups in total. The first-order valence-electron chi connectivity index (χ1n) is 2.36. The van der Waals surface area contributed by atoms with Crippen LogP contribution in [0.4, 0.5) is 0 Å². The molecule has 0 fully saturated rings. The van der Waals surface area contributed by atoms with E-state index in [-0.39, 0.29) is 5.91 Å². The van der Waals surface area contributed by atoms with Gasteiger partial charge in [-0.1, -0.05) is 0 Å². The second kappa shape index (κ2) is 3.35. The zero-order chi connectivity index (χ0) is 7.72. The third-order valence-electron chi connectivity index (χ3n) is 0.888. The topological polar surface area (TPSA) is 43.1 Å². The van der Waals surface area contributed by atoms with E-state index in [4.69, 9.17) is 5.73 Å². The van der Waals surface area contributed by atoms with Gasteiger partial charge in [-0.2, -0.15) is 0 Å². The number of rotatable bonds is 1. The fourth-order valence-electron chi connectivity index (χ4n) is 0.468. The first-order chi connectivity index (χ1) is 4.61. The van der Waals surface area contributed by atoms with Crippen molar-refractivity contribution in [2.24, 2.45) is 5.73 Å². The average Bonchev–Trinajstić information content (AvgIpc) is 2.13. The zero-order valence-corrected chi connectivity index (χ0v) is 9.86. The molecule has 0 aliphatic heterocycles. The maximum atomic E-state index is 10.6. The van der Waals surface area contributed by atoms with Crippen molar-refractivity contribution in [3.63, 3.8) is 0 Å². The van der Waals surface area contributed by atoms with Gasteiger partial charge in [0.1, 0.15) is 0 Å². The molecule has 1 aromatic heterocycles. The molecule has 0 bridgehead atoms. The minimum Gasteiger partial charge on any atom is -0.365 e. The van der Waals surface area contributed by atoms with Crippen LogP contribution in [0.5, 0.6) is 0 Å². The van der Waals surface area contributed by atoms with Gasteiger partial charge >= 0.3 is 0 Å². The number of halogens is 2. The van der Waals surface area contributed by atoms with Crippen LogP contribution in [-0.2, 0) is 0 Å². The van der Waals surface area contributed by atoms with Gasteiger partial charge in [-0.3, -0.25) is 4.79 Å². The lowest BCUT2D eigenvalue weighted by atomic mass is 10.5. The summed E-state index contributed by atoms with van der Waals surface area (Å²) in [5.74, 6) is -0.342. The van der Waals surface area contributed by atoms with E-state index >= 15 is 0 Å². The molecule has 2 nitrogen and oxygen atoms in total. The largest absolute Gasteiger partial charge is 0.365 e. The third-order valence-corrected chi connectivity index (χ3v) is 5.32. The summed E-state index contributed by atoms with van der Waals surface area (Å²) in [6.45, 7) is 0. The van der Waals surface area contributed by atoms with Gasteiger partial charge in [0.2, 0.25) is 0 Å². The highest BCUT2D eigenvalue weighted by Crippen LogP contribution is 2.24. The highest BCUT2D eigenvalue weighted by Gasteiger charge is 2.07. The number of primary amides is 1. The smallest absolute Gasteiger partial charge is 0.258 e. The van der Waals surface area contributed by atoms with Crippen LogP contribution in [0, 0.1) is 6.45 Å². The summed E-state index contributed by atoms with van der Waals surface area (Å²) in [6.07, 6.45) is 0. The molecule has 0 saturated heterocycles. The maximum absolute atomic E-state index is 10.6. The lowest BCUT2D eigenvalue weighted by Crippen LogP contribution is -2.08. The predicted octanol–water partition coefficient (Wildman–Crippen LogP) is 2.06. The standard InChI is InChI=1S/C5H3I2NOS/c6-2-1-3(5(8)9)10-4(2)7/h1H,(H2,8,9). The van der Waals surface area contributed by atoms with E-state index in [1.807, 2.05) is 0 Å². The summed E-state index contributed by atoms with van der Waals surface area (Å²) in [4.78, 5) is 11.2. The molecule has 54 valence electrons. The molecule has 1 amide bonds. The fourth-order valence-corrected chi connectivity index (χ4v) is 2.82. The van der Waals surface area contributed by atoms with Gasteiger partial charge in [0.15, 0.2) is 0 Å². The SMILES string of the molecule is NC(=O)c1cc(I)c(I)s1. The minimum atomic E-state index is -0.342. The highest BCUT2D eigenvalue weighted by molar-refractivity contribution is 14.1. The molecule has 0 aliphatic rings. The summed E-state index contributed by atoms with van der Waals surface area (Å²) in [6, 6.07) is 1.80. The zero-order valence-electron chi connectivity index (χ0n) is 4.73.